The van der Waals surface area contributed by atoms with Crippen molar-refractivity contribution in [1.82, 2.24) is 5.32 Å². The number of halogens is 1. The summed E-state index contributed by atoms with van der Waals surface area (Å²) in [7, 11) is 0. The molecule has 0 radical (unpaired) electrons. The van der Waals surface area contributed by atoms with Gasteiger partial charge in [-0.1, -0.05) is 19.1 Å². The maximum Gasteiger partial charge on any atom is 0.137 e. The fourth-order valence-corrected chi connectivity index (χ4v) is 3.81. The molecule has 2 saturated heterocycles. The Bertz CT molecular complexity index is 502. The highest BCUT2D eigenvalue weighted by Crippen LogP contribution is 2.42. The van der Waals surface area contributed by atoms with Crippen molar-refractivity contribution in [3.05, 3.63) is 35.6 Å². The van der Waals surface area contributed by atoms with E-state index in [0.717, 1.165) is 12.0 Å². The minimum atomic E-state index is -0.453. The number of aliphatic hydroxyl groups excluding tert-OH is 1. The number of nitrogens with one attached hydrogen (secondary N) is 1. The Balaban J connectivity index is 1.95. The Morgan fingerprint density at radius 2 is 2.05 bits per heavy atom. The predicted octanol–water partition coefficient (Wildman–Crippen LogP) is 2.00. The van der Waals surface area contributed by atoms with Crippen LogP contribution in [0.15, 0.2) is 24.3 Å². The second kappa shape index (κ2) is 5.26. The molecule has 0 spiro atoms. The van der Waals surface area contributed by atoms with Crippen LogP contribution in [-0.2, 0) is 4.79 Å². The molecular weight excluding hydrogens is 257 g/mol. The van der Waals surface area contributed by atoms with Gasteiger partial charge in [0.1, 0.15) is 11.6 Å². The van der Waals surface area contributed by atoms with E-state index in [1.807, 2.05) is 6.92 Å². The fraction of sp³-hybridized carbons (Fsp3) is 0.562. The van der Waals surface area contributed by atoms with Crippen LogP contribution < -0.4 is 5.32 Å². The summed E-state index contributed by atoms with van der Waals surface area (Å²) < 4.78 is 13.1. The van der Waals surface area contributed by atoms with Crippen LogP contribution in [0.1, 0.15) is 37.7 Å². The van der Waals surface area contributed by atoms with Crippen molar-refractivity contribution in [2.24, 2.45) is 5.92 Å². The number of hydrogen-bond donors (Lipinski definition) is 2. The summed E-state index contributed by atoms with van der Waals surface area (Å²) in [6.45, 7) is 1.86. The van der Waals surface area contributed by atoms with E-state index in [2.05, 4.69) is 5.32 Å². The van der Waals surface area contributed by atoms with Gasteiger partial charge in [0.2, 0.25) is 0 Å². The van der Waals surface area contributed by atoms with Crippen LogP contribution in [0.4, 0.5) is 4.39 Å². The summed E-state index contributed by atoms with van der Waals surface area (Å²) in [5.74, 6) is -0.212. The molecule has 3 rings (SSSR count). The normalized spacial score (nSPS) is 36.0. The molecule has 108 valence electrons. The van der Waals surface area contributed by atoms with Gasteiger partial charge < -0.3 is 10.4 Å². The third-order valence-electron chi connectivity index (χ3n) is 4.75. The van der Waals surface area contributed by atoms with Crippen LogP contribution in [0.2, 0.25) is 0 Å². The average molecular weight is 277 g/mol. The van der Waals surface area contributed by atoms with Crippen molar-refractivity contribution in [3.8, 4) is 0 Å². The van der Waals surface area contributed by atoms with E-state index in [-0.39, 0.29) is 35.5 Å². The van der Waals surface area contributed by atoms with Gasteiger partial charge in [0.25, 0.3) is 0 Å². The minimum absolute atomic E-state index is 0.0800. The lowest BCUT2D eigenvalue weighted by molar-refractivity contribution is -0.125. The van der Waals surface area contributed by atoms with E-state index in [1.54, 1.807) is 12.1 Å². The van der Waals surface area contributed by atoms with Crippen LogP contribution in [-0.4, -0.2) is 29.1 Å². The van der Waals surface area contributed by atoms with Gasteiger partial charge in [-0.05, 0) is 36.5 Å². The molecule has 3 nitrogen and oxygen atoms in total. The smallest absolute Gasteiger partial charge is 0.137 e. The third-order valence-corrected chi connectivity index (χ3v) is 4.75. The molecule has 0 aliphatic carbocycles. The summed E-state index contributed by atoms with van der Waals surface area (Å²) in [5.41, 5.74) is 1.00. The SMILES string of the molecule is CCC(=O)[C@H]1[C@@H](c2ccc(F)cc2)CC2CC(O)[C@H]1N2. The number of Topliss-reactive ketones (excluding diaryl/α,β-unsaturated/α-hetero) is 1. The van der Waals surface area contributed by atoms with Crippen LogP contribution in [0.25, 0.3) is 0 Å². The molecule has 2 aliphatic heterocycles. The zero-order valence-corrected chi connectivity index (χ0v) is 11.6. The predicted molar refractivity (Wildman–Crippen MR) is 73.9 cm³/mol. The van der Waals surface area contributed by atoms with Crippen LogP contribution in [0.3, 0.4) is 0 Å². The van der Waals surface area contributed by atoms with Gasteiger partial charge in [0, 0.05) is 24.4 Å². The van der Waals surface area contributed by atoms with Gasteiger partial charge >= 0.3 is 0 Å². The molecular formula is C16H20FNO2. The molecule has 4 heteroatoms. The number of carbonyl (C=O) groups is 1. The fourth-order valence-electron chi connectivity index (χ4n) is 3.81. The van der Waals surface area contributed by atoms with E-state index < -0.39 is 6.10 Å². The first-order chi connectivity index (χ1) is 9.60. The van der Waals surface area contributed by atoms with Gasteiger partial charge in [-0.2, -0.15) is 0 Å². The molecule has 2 aliphatic rings. The standard InChI is InChI=1S/C16H20FNO2/c1-2-13(19)15-12(9-3-5-10(17)6-4-9)7-11-8-14(20)16(15)18-11/h3-6,11-12,14-16,18,20H,2,7-8H2,1H3/t11?,12-,14?,15-,16-/m1/s1. The minimum Gasteiger partial charge on any atom is -0.391 e. The lowest BCUT2D eigenvalue weighted by Gasteiger charge is -2.37. The summed E-state index contributed by atoms with van der Waals surface area (Å²) in [6.07, 6.45) is 1.55. The first kappa shape index (κ1) is 13.7. The van der Waals surface area contributed by atoms with Crippen LogP contribution >= 0.6 is 0 Å². The van der Waals surface area contributed by atoms with Crippen LogP contribution in [0, 0.1) is 11.7 Å². The van der Waals surface area contributed by atoms with Crippen molar-refractivity contribution in [1.29, 1.82) is 0 Å². The second-order valence-electron chi connectivity index (χ2n) is 5.93. The molecule has 0 amide bonds. The Morgan fingerprint density at radius 3 is 2.70 bits per heavy atom. The average Bonchev–Trinajstić information content (AvgIpc) is 2.74. The number of aliphatic hydroxyl groups is 1. The topological polar surface area (TPSA) is 49.3 Å². The number of piperidine rings is 1. The maximum atomic E-state index is 13.1. The Labute approximate surface area is 118 Å². The Hall–Kier alpha value is -1.26. The van der Waals surface area contributed by atoms with Crippen molar-refractivity contribution < 1.29 is 14.3 Å². The van der Waals surface area contributed by atoms with Gasteiger partial charge in [-0.3, -0.25) is 4.79 Å². The Morgan fingerprint density at radius 1 is 1.35 bits per heavy atom. The molecule has 5 atom stereocenters. The van der Waals surface area contributed by atoms with E-state index in [4.69, 9.17) is 0 Å². The number of ketones is 1. The van der Waals surface area contributed by atoms with Crippen molar-refractivity contribution in [3.63, 3.8) is 0 Å². The molecule has 0 aromatic heterocycles. The van der Waals surface area contributed by atoms with E-state index in [9.17, 15) is 14.3 Å². The second-order valence-corrected chi connectivity index (χ2v) is 5.93. The van der Waals surface area contributed by atoms with Gasteiger partial charge in [0.05, 0.1) is 6.10 Å². The van der Waals surface area contributed by atoms with Crippen LogP contribution in [0.5, 0.6) is 0 Å². The lowest BCUT2D eigenvalue weighted by Crippen LogP contribution is -2.50. The molecule has 2 fully saturated rings. The molecule has 0 saturated carbocycles. The number of carbonyl (C=O) groups excluding carboxylic acids is 1. The summed E-state index contributed by atoms with van der Waals surface area (Å²) in [5, 5.41) is 13.5. The van der Waals surface area contributed by atoms with Crippen molar-refractivity contribution in [2.45, 2.75) is 50.3 Å². The summed E-state index contributed by atoms with van der Waals surface area (Å²) >= 11 is 0. The van der Waals surface area contributed by atoms with E-state index in [1.165, 1.54) is 12.1 Å². The zero-order valence-electron chi connectivity index (χ0n) is 11.6. The van der Waals surface area contributed by atoms with Crippen molar-refractivity contribution in [2.75, 3.05) is 0 Å². The number of rotatable bonds is 3. The molecule has 2 N–H and O–H groups in total. The monoisotopic (exact) mass is 277 g/mol. The van der Waals surface area contributed by atoms with E-state index in [0.29, 0.717) is 12.8 Å². The first-order valence-corrected chi connectivity index (χ1v) is 7.32. The lowest BCUT2D eigenvalue weighted by atomic mass is 9.74. The third kappa shape index (κ3) is 2.27. The van der Waals surface area contributed by atoms with Crippen molar-refractivity contribution >= 4 is 5.78 Å². The highest BCUT2D eigenvalue weighted by molar-refractivity contribution is 5.83. The highest BCUT2D eigenvalue weighted by Gasteiger charge is 2.49. The van der Waals surface area contributed by atoms with Gasteiger partial charge in [0.15, 0.2) is 0 Å². The highest BCUT2D eigenvalue weighted by atomic mass is 19.1. The molecule has 1 aromatic carbocycles. The quantitative estimate of drug-likeness (QED) is 0.888. The Kier molecular flexibility index (Phi) is 3.61. The molecule has 2 unspecified atom stereocenters. The molecule has 2 heterocycles. The number of fused-ring (bicyclic) bond motifs is 2. The molecule has 1 aromatic rings. The largest absolute Gasteiger partial charge is 0.391 e. The summed E-state index contributed by atoms with van der Waals surface area (Å²) in [4.78, 5) is 12.3. The van der Waals surface area contributed by atoms with Gasteiger partial charge in [-0.15, -0.1) is 0 Å². The number of hydrogen-bond acceptors (Lipinski definition) is 3. The maximum absolute atomic E-state index is 13.1. The molecule has 20 heavy (non-hydrogen) atoms. The van der Waals surface area contributed by atoms with Gasteiger partial charge in [-0.25, -0.2) is 4.39 Å². The van der Waals surface area contributed by atoms with E-state index >= 15 is 0 Å². The number of benzene rings is 1. The zero-order chi connectivity index (χ0) is 14.3. The molecule has 2 bridgehead atoms. The first-order valence-electron chi connectivity index (χ1n) is 7.32. The summed E-state index contributed by atoms with van der Waals surface area (Å²) in [6, 6.07) is 6.54.